The molecule has 3 rings (SSSR count). The summed E-state index contributed by atoms with van der Waals surface area (Å²) in [4.78, 5) is 4.31. The van der Waals surface area contributed by atoms with Gasteiger partial charge in [-0.05, 0) is 43.3 Å². The molecule has 0 saturated heterocycles. The van der Waals surface area contributed by atoms with Crippen LogP contribution in [-0.2, 0) is 0 Å². The molecule has 0 saturated carbocycles. The van der Waals surface area contributed by atoms with E-state index in [1.54, 1.807) is 0 Å². The van der Waals surface area contributed by atoms with Gasteiger partial charge in [-0.1, -0.05) is 6.07 Å². The maximum atomic E-state index is 5.40. The van der Waals surface area contributed by atoms with Gasteiger partial charge in [-0.15, -0.1) is 0 Å². The molecule has 0 spiro atoms. The molecule has 4 heteroatoms. The monoisotopic (exact) mass is 256 g/mol. The van der Waals surface area contributed by atoms with E-state index in [0.29, 0.717) is 6.79 Å². The average Bonchev–Trinajstić information content (AvgIpc) is 2.94. The van der Waals surface area contributed by atoms with Crippen molar-refractivity contribution in [2.75, 3.05) is 13.8 Å². The molecule has 1 atom stereocenters. The van der Waals surface area contributed by atoms with Crippen molar-refractivity contribution in [1.82, 2.24) is 10.3 Å². The summed E-state index contributed by atoms with van der Waals surface area (Å²) in [6, 6.07) is 8.38. The van der Waals surface area contributed by atoms with E-state index in [1.165, 1.54) is 0 Å². The fraction of sp³-hybridized carbons (Fsp3) is 0.267. The molecule has 1 unspecified atom stereocenters. The van der Waals surface area contributed by atoms with E-state index in [-0.39, 0.29) is 6.04 Å². The summed E-state index contributed by atoms with van der Waals surface area (Å²) in [5, 5.41) is 3.22. The zero-order valence-corrected chi connectivity index (χ0v) is 11.0. The number of nitrogens with one attached hydrogen (secondary N) is 1. The Morgan fingerprint density at radius 3 is 2.79 bits per heavy atom. The Labute approximate surface area is 112 Å². The third kappa shape index (κ3) is 2.27. The highest BCUT2D eigenvalue weighted by Gasteiger charge is 2.14. The zero-order valence-electron chi connectivity index (χ0n) is 11.0. The standard InChI is InChI=1S/C15H16N2O2/c1-10(16-2)12-5-13(8-17-7-12)11-3-4-14-15(6-11)19-9-18-14/h3-8,10,16H,9H2,1-2H3. The van der Waals surface area contributed by atoms with Gasteiger partial charge in [0.05, 0.1) is 0 Å². The minimum absolute atomic E-state index is 0.279. The molecule has 2 heterocycles. The van der Waals surface area contributed by atoms with Crippen LogP contribution in [0, 0.1) is 0 Å². The lowest BCUT2D eigenvalue weighted by Gasteiger charge is -2.11. The van der Waals surface area contributed by atoms with E-state index in [1.807, 2.05) is 37.6 Å². The number of rotatable bonds is 3. The lowest BCUT2D eigenvalue weighted by Crippen LogP contribution is -2.12. The first-order chi connectivity index (χ1) is 9.28. The van der Waals surface area contributed by atoms with Gasteiger partial charge in [0.2, 0.25) is 6.79 Å². The highest BCUT2D eigenvalue weighted by Crippen LogP contribution is 2.36. The normalized spacial score (nSPS) is 14.4. The Hall–Kier alpha value is -2.07. The number of fused-ring (bicyclic) bond motifs is 1. The summed E-state index contributed by atoms with van der Waals surface area (Å²) < 4.78 is 10.7. The maximum absolute atomic E-state index is 5.40. The minimum Gasteiger partial charge on any atom is -0.454 e. The first kappa shape index (κ1) is 12.0. The number of pyridine rings is 1. The van der Waals surface area contributed by atoms with Gasteiger partial charge in [-0.25, -0.2) is 0 Å². The van der Waals surface area contributed by atoms with Gasteiger partial charge in [0.1, 0.15) is 0 Å². The smallest absolute Gasteiger partial charge is 0.231 e. The summed E-state index contributed by atoms with van der Waals surface area (Å²) in [5.74, 6) is 1.60. The van der Waals surface area contributed by atoms with Crippen molar-refractivity contribution < 1.29 is 9.47 Å². The fourth-order valence-electron chi connectivity index (χ4n) is 2.10. The number of ether oxygens (including phenoxy) is 2. The summed E-state index contributed by atoms with van der Waals surface area (Å²) in [7, 11) is 1.94. The largest absolute Gasteiger partial charge is 0.454 e. The van der Waals surface area contributed by atoms with Crippen molar-refractivity contribution in [3.05, 3.63) is 42.2 Å². The van der Waals surface area contributed by atoms with Gasteiger partial charge < -0.3 is 14.8 Å². The number of hydrogen-bond donors (Lipinski definition) is 1. The molecule has 0 amide bonds. The van der Waals surface area contributed by atoms with Gasteiger partial charge in [-0.2, -0.15) is 0 Å². The van der Waals surface area contributed by atoms with Crippen LogP contribution in [0.5, 0.6) is 11.5 Å². The number of nitrogens with zero attached hydrogens (tertiary/aromatic N) is 1. The Kier molecular flexibility index (Phi) is 3.09. The molecule has 98 valence electrons. The Morgan fingerprint density at radius 2 is 1.95 bits per heavy atom. The first-order valence-electron chi connectivity index (χ1n) is 6.30. The Bertz CT molecular complexity index is 598. The second-order valence-corrected chi connectivity index (χ2v) is 4.59. The number of aromatic nitrogens is 1. The molecule has 4 nitrogen and oxygen atoms in total. The molecule has 0 fully saturated rings. The van der Waals surface area contributed by atoms with Crippen LogP contribution in [0.15, 0.2) is 36.7 Å². The quantitative estimate of drug-likeness (QED) is 0.917. The van der Waals surface area contributed by atoms with E-state index in [4.69, 9.17) is 9.47 Å². The average molecular weight is 256 g/mol. The third-order valence-electron chi connectivity index (χ3n) is 3.40. The van der Waals surface area contributed by atoms with Crippen molar-refractivity contribution >= 4 is 0 Å². The summed E-state index contributed by atoms with van der Waals surface area (Å²) >= 11 is 0. The van der Waals surface area contributed by atoms with Gasteiger partial charge in [0.15, 0.2) is 11.5 Å². The van der Waals surface area contributed by atoms with Crippen LogP contribution in [0.2, 0.25) is 0 Å². The van der Waals surface area contributed by atoms with Crippen LogP contribution < -0.4 is 14.8 Å². The summed E-state index contributed by atoms with van der Waals surface area (Å²) in [5.41, 5.74) is 3.33. The lowest BCUT2D eigenvalue weighted by molar-refractivity contribution is 0.174. The second-order valence-electron chi connectivity index (χ2n) is 4.59. The Morgan fingerprint density at radius 1 is 1.11 bits per heavy atom. The molecular formula is C15H16N2O2. The van der Waals surface area contributed by atoms with Crippen molar-refractivity contribution in [1.29, 1.82) is 0 Å². The molecule has 1 N–H and O–H groups in total. The van der Waals surface area contributed by atoms with Crippen molar-refractivity contribution in [2.24, 2.45) is 0 Å². The predicted octanol–water partition coefficient (Wildman–Crippen LogP) is 2.76. The molecule has 1 aromatic heterocycles. The molecule has 0 aliphatic carbocycles. The lowest BCUT2D eigenvalue weighted by atomic mass is 10.0. The van der Waals surface area contributed by atoms with Crippen LogP contribution >= 0.6 is 0 Å². The second kappa shape index (κ2) is 4.90. The minimum atomic E-state index is 0.279. The molecule has 2 aromatic rings. The van der Waals surface area contributed by atoms with Crippen molar-refractivity contribution in [3.8, 4) is 22.6 Å². The molecule has 0 bridgehead atoms. The molecule has 1 aromatic carbocycles. The van der Waals surface area contributed by atoms with Crippen molar-refractivity contribution in [2.45, 2.75) is 13.0 Å². The molecular weight excluding hydrogens is 240 g/mol. The van der Waals surface area contributed by atoms with E-state index in [0.717, 1.165) is 28.2 Å². The van der Waals surface area contributed by atoms with Gasteiger partial charge >= 0.3 is 0 Å². The van der Waals surface area contributed by atoms with Crippen molar-refractivity contribution in [3.63, 3.8) is 0 Å². The van der Waals surface area contributed by atoms with E-state index >= 15 is 0 Å². The summed E-state index contributed by atoms with van der Waals surface area (Å²) in [6.07, 6.45) is 3.75. The van der Waals surface area contributed by atoms with E-state index in [9.17, 15) is 0 Å². The highest BCUT2D eigenvalue weighted by molar-refractivity contribution is 5.67. The molecule has 19 heavy (non-hydrogen) atoms. The van der Waals surface area contributed by atoms with E-state index in [2.05, 4.69) is 23.3 Å². The third-order valence-corrected chi connectivity index (χ3v) is 3.40. The van der Waals surface area contributed by atoms with Gasteiger partial charge in [-0.3, -0.25) is 4.98 Å². The fourth-order valence-corrected chi connectivity index (χ4v) is 2.10. The van der Waals surface area contributed by atoms with Gasteiger partial charge in [0.25, 0.3) is 0 Å². The molecule has 1 aliphatic rings. The first-order valence-corrected chi connectivity index (χ1v) is 6.30. The van der Waals surface area contributed by atoms with E-state index < -0.39 is 0 Å². The predicted molar refractivity (Wildman–Crippen MR) is 73.3 cm³/mol. The highest BCUT2D eigenvalue weighted by atomic mass is 16.7. The molecule has 0 radical (unpaired) electrons. The SMILES string of the molecule is CNC(C)c1cncc(-c2ccc3c(c2)OCO3)c1. The maximum Gasteiger partial charge on any atom is 0.231 e. The van der Waals surface area contributed by atoms with Gasteiger partial charge in [0, 0.05) is 24.0 Å². The number of hydrogen-bond acceptors (Lipinski definition) is 4. The van der Waals surface area contributed by atoms with Crippen LogP contribution in [0.3, 0.4) is 0 Å². The zero-order chi connectivity index (χ0) is 13.2. The van der Waals surface area contributed by atoms with Crippen LogP contribution in [0.4, 0.5) is 0 Å². The molecule has 1 aliphatic heterocycles. The van der Waals surface area contributed by atoms with Crippen LogP contribution in [-0.4, -0.2) is 18.8 Å². The number of benzene rings is 1. The van der Waals surface area contributed by atoms with Crippen LogP contribution in [0.1, 0.15) is 18.5 Å². The topological polar surface area (TPSA) is 43.4 Å². The summed E-state index contributed by atoms with van der Waals surface area (Å²) in [6.45, 7) is 2.41. The van der Waals surface area contributed by atoms with Crippen LogP contribution in [0.25, 0.3) is 11.1 Å². The Balaban J connectivity index is 1.98.